The Labute approximate surface area is 173 Å². The Morgan fingerprint density at radius 3 is 2.63 bits per heavy atom. The van der Waals surface area contributed by atoms with Crippen molar-refractivity contribution in [1.29, 1.82) is 5.26 Å². The molecular weight excluding hydrogens is 382 g/mol. The lowest BCUT2D eigenvalue weighted by molar-refractivity contribution is 0.249. The first-order chi connectivity index (χ1) is 14.8. The van der Waals surface area contributed by atoms with Gasteiger partial charge in [-0.25, -0.2) is 4.98 Å². The average molecular weight is 403 g/mol. The molecule has 0 spiro atoms. The first-order valence-electron chi connectivity index (χ1n) is 10.1. The molecule has 0 saturated carbocycles. The number of furan rings is 1. The summed E-state index contributed by atoms with van der Waals surface area (Å²) in [6, 6.07) is 13.5. The molecule has 8 heteroatoms. The highest BCUT2D eigenvalue weighted by Crippen LogP contribution is 2.29. The van der Waals surface area contributed by atoms with Gasteiger partial charge in [0, 0.05) is 32.6 Å². The van der Waals surface area contributed by atoms with Crippen molar-refractivity contribution in [3.63, 3.8) is 0 Å². The summed E-state index contributed by atoms with van der Waals surface area (Å²) < 4.78 is 17.0. The van der Waals surface area contributed by atoms with Crippen LogP contribution in [0, 0.1) is 11.3 Å². The van der Waals surface area contributed by atoms with E-state index in [9.17, 15) is 5.26 Å². The lowest BCUT2D eigenvalue weighted by atomic mass is 10.2. The van der Waals surface area contributed by atoms with Crippen LogP contribution in [0.1, 0.15) is 18.0 Å². The second-order valence-corrected chi connectivity index (χ2v) is 7.27. The van der Waals surface area contributed by atoms with Gasteiger partial charge in [0.05, 0.1) is 6.26 Å². The van der Waals surface area contributed by atoms with Crippen LogP contribution in [0.15, 0.2) is 55.9 Å². The monoisotopic (exact) mass is 403 g/mol. The quantitative estimate of drug-likeness (QED) is 0.481. The van der Waals surface area contributed by atoms with Crippen molar-refractivity contribution >= 4 is 17.0 Å². The number of rotatable bonds is 6. The van der Waals surface area contributed by atoms with Crippen molar-refractivity contribution in [2.45, 2.75) is 12.8 Å². The van der Waals surface area contributed by atoms with Gasteiger partial charge in [-0.3, -0.25) is 4.90 Å². The third-order valence-electron chi connectivity index (χ3n) is 5.31. The lowest BCUT2D eigenvalue weighted by Gasteiger charge is -2.34. The Balaban J connectivity index is 1.15. The van der Waals surface area contributed by atoms with Crippen molar-refractivity contribution in [3.8, 4) is 17.7 Å². The van der Waals surface area contributed by atoms with E-state index < -0.39 is 0 Å². The summed E-state index contributed by atoms with van der Waals surface area (Å²) in [7, 11) is 0. The highest BCUT2D eigenvalue weighted by atomic mass is 16.4. The fraction of sp³-hybridized carbons (Fsp3) is 0.318. The van der Waals surface area contributed by atoms with Crippen LogP contribution in [0.25, 0.3) is 22.8 Å². The van der Waals surface area contributed by atoms with E-state index in [2.05, 4.69) is 25.8 Å². The summed E-state index contributed by atoms with van der Waals surface area (Å²) >= 11 is 0. The Kier molecular flexibility index (Phi) is 4.95. The number of hydrogen-bond acceptors (Lipinski definition) is 8. The molecule has 0 N–H and O–H groups in total. The van der Waals surface area contributed by atoms with Gasteiger partial charge in [0.1, 0.15) is 11.6 Å². The van der Waals surface area contributed by atoms with Gasteiger partial charge in [-0.15, -0.1) is 0 Å². The number of nitrogens with zero attached hydrogens (tertiary/aromatic N) is 5. The summed E-state index contributed by atoms with van der Waals surface area (Å²) in [5.41, 5.74) is 2.05. The molecule has 3 aromatic heterocycles. The maximum atomic E-state index is 9.43. The minimum absolute atomic E-state index is 0.297. The number of piperazine rings is 1. The third kappa shape index (κ3) is 3.67. The molecule has 5 rings (SSSR count). The van der Waals surface area contributed by atoms with Gasteiger partial charge >= 0.3 is 0 Å². The zero-order chi connectivity index (χ0) is 20.3. The zero-order valence-corrected chi connectivity index (χ0v) is 16.5. The maximum absolute atomic E-state index is 9.43. The van der Waals surface area contributed by atoms with E-state index in [4.69, 9.17) is 13.3 Å². The van der Waals surface area contributed by atoms with Crippen LogP contribution in [-0.2, 0) is 6.42 Å². The molecule has 152 valence electrons. The van der Waals surface area contributed by atoms with E-state index in [1.807, 2.05) is 24.3 Å². The topological polar surface area (TPSA) is 95.5 Å². The number of aryl methyl sites for hydroxylation is 1. The molecule has 0 amide bonds. The lowest BCUT2D eigenvalue weighted by Crippen LogP contribution is -2.46. The van der Waals surface area contributed by atoms with Crippen LogP contribution in [0.5, 0.6) is 0 Å². The number of nitriles is 1. The molecule has 0 aliphatic carbocycles. The van der Waals surface area contributed by atoms with E-state index in [0.29, 0.717) is 23.2 Å². The van der Waals surface area contributed by atoms with Gasteiger partial charge in [0.15, 0.2) is 17.2 Å². The summed E-state index contributed by atoms with van der Waals surface area (Å²) in [5, 5.41) is 9.43. The Hall–Kier alpha value is -3.57. The highest BCUT2D eigenvalue weighted by molar-refractivity contribution is 5.72. The molecule has 0 radical (unpaired) electrons. The molecular formula is C22H21N5O3. The van der Waals surface area contributed by atoms with Crippen molar-refractivity contribution in [2.24, 2.45) is 0 Å². The Morgan fingerprint density at radius 2 is 1.87 bits per heavy atom. The van der Waals surface area contributed by atoms with E-state index in [-0.39, 0.29) is 0 Å². The summed E-state index contributed by atoms with van der Waals surface area (Å²) in [6.07, 6.45) is 3.37. The predicted octanol–water partition coefficient (Wildman–Crippen LogP) is 3.70. The van der Waals surface area contributed by atoms with E-state index in [1.165, 1.54) is 0 Å². The number of aromatic nitrogens is 2. The van der Waals surface area contributed by atoms with Crippen molar-refractivity contribution < 1.29 is 13.3 Å². The molecule has 1 fully saturated rings. The largest absolute Gasteiger partial charge is 0.459 e. The van der Waals surface area contributed by atoms with E-state index >= 15 is 0 Å². The van der Waals surface area contributed by atoms with Gasteiger partial charge in [0.25, 0.3) is 5.89 Å². The Bertz CT molecular complexity index is 1130. The van der Waals surface area contributed by atoms with E-state index in [0.717, 1.165) is 62.6 Å². The Morgan fingerprint density at radius 1 is 1.00 bits per heavy atom. The van der Waals surface area contributed by atoms with Gasteiger partial charge in [0.2, 0.25) is 11.6 Å². The molecule has 4 heterocycles. The molecule has 1 aliphatic heterocycles. The molecule has 1 aromatic carbocycles. The minimum atomic E-state index is 0.297. The number of hydrogen-bond donors (Lipinski definition) is 0. The van der Waals surface area contributed by atoms with Crippen LogP contribution in [-0.4, -0.2) is 47.6 Å². The molecule has 0 atom stereocenters. The summed E-state index contributed by atoms with van der Waals surface area (Å²) in [6.45, 7) is 4.34. The van der Waals surface area contributed by atoms with Gasteiger partial charge in [-0.2, -0.15) is 10.2 Å². The molecule has 30 heavy (non-hydrogen) atoms. The molecule has 1 saturated heterocycles. The maximum Gasteiger partial charge on any atom is 0.266 e. The minimum Gasteiger partial charge on any atom is -0.459 e. The molecule has 0 bridgehead atoms. The van der Waals surface area contributed by atoms with Gasteiger partial charge in [-0.1, -0.05) is 12.1 Å². The van der Waals surface area contributed by atoms with Crippen LogP contribution >= 0.6 is 0 Å². The first-order valence-corrected chi connectivity index (χ1v) is 10.1. The number of para-hydroxylation sites is 2. The SMILES string of the molecule is N#Cc1nc(-c2ccco2)oc1N1CCN(CCCc2nc3ccccc3o2)CC1. The zero-order valence-electron chi connectivity index (χ0n) is 16.5. The first kappa shape index (κ1) is 18.5. The summed E-state index contributed by atoms with van der Waals surface area (Å²) in [5.74, 6) is 2.18. The van der Waals surface area contributed by atoms with Crippen molar-refractivity contribution in [3.05, 3.63) is 54.2 Å². The second-order valence-electron chi connectivity index (χ2n) is 7.27. The number of fused-ring (bicyclic) bond motifs is 1. The molecule has 4 aromatic rings. The highest BCUT2D eigenvalue weighted by Gasteiger charge is 2.25. The van der Waals surface area contributed by atoms with Gasteiger partial charge < -0.3 is 18.2 Å². The van der Waals surface area contributed by atoms with Crippen molar-refractivity contribution in [1.82, 2.24) is 14.9 Å². The predicted molar refractivity (Wildman–Crippen MR) is 110 cm³/mol. The van der Waals surface area contributed by atoms with Crippen LogP contribution < -0.4 is 4.90 Å². The second kappa shape index (κ2) is 8.05. The summed E-state index contributed by atoms with van der Waals surface area (Å²) in [4.78, 5) is 13.3. The smallest absolute Gasteiger partial charge is 0.266 e. The van der Waals surface area contributed by atoms with Crippen LogP contribution in [0.3, 0.4) is 0 Å². The molecule has 8 nitrogen and oxygen atoms in total. The fourth-order valence-corrected chi connectivity index (χ4v) is 3.76. The standard InChI is InChI=1S/C22H21N5O3/c23-15-17-22(30-21(25-17)19-7-4-14-28-19)27-12-10-26(11-13-27)9-3-8-20-24-16-5-1-2-6-18(16)29-20/h1-2,4-7,14H,3,8-13H2. The molecule has 1 aliphatic rings. The third-order valence-corrected chi connectivity index (χ3v) is 5.31. The number of benzene rings is 1. The van der Waals surface area contributed by atoms with Gasteiger partial charge in [-0.05, 0) is 37.2 Å². The van der Waals surface area contributed by atoms with Crippen LogP contribution in [0.2, 0.25) is 0 Å². The number of oxazole rings is 2. The number of anilines is 1. The van der Waals surface area contributed by atoms with Crippen molar-refractivity contribution in [2.75, 3.05) is 37.6 Å². The molecule has 0 unspecified atom stereocenters. The normalized spacial score (nSPS) is 15.0. The fourth-order valence-electron chi connectivity index (χ4n) is 3.76. The van der Waals surface area contributed by atoms with E-state index in [1.54, 1.807) is 18.4 Å². The van der Waals surface area contributed by atoms with Crippen LogP contribution in [0.4, 0.5) is 5.88 Å². The average Bonchev–Trinajstić information content (AvgIpc) is 3.52.